The van der Waals surface area contributed by atoms with Gasteiger partial charge in [-0.2, -0.15) is 0 Å². The molecule has 1 aromatic heterocycles. The van der Waals surface area contributed by atoms with Gasteiger partial charge in [0.25, 0.3) is 5.91 Å². The standard InChI is InChI=1S/C23H25F2N5O2/c1-32-20-4-2-17(3-5-20)23(31)26-8-6-21-27-28-22-7-9-29(10-11-30(21)22)15-16-12-18(24)14-19(25)13-16/h2-5,12-14H,6-11,15H2,1H3,(H,26,31). The van der Waals surface area contributed by atoms with Crippen LogP contribution in [0.25, 0.3) is 0 Å². The monoisotopic (exact) mass is 441 g/mol. The minimum atomic E-state index is -0.564. The summed E-state index contributed by atoms with van der Waals surface area (Å²) in [5.41, 5.74) is 1.18. The zero-order valence-electron chi connectivity index (χ0n) is 17.9. The van der Waals surface area contributed by atoms with Gasteiger partial charge in [0.05, 0.1) is 7.11 Å². The Kier molecular flexibility index (Phi) is 6.75. The molecule has 32 heavy (non-hydrogen) atoms. The number of nitrogens with one attached hydrogen (secondary N) is 1. The number of ether oxygens (including phenoxy) is 1. The molecular weight excluding hydrogens is 416 g/mol. The molecule has 0 spiro atoms. The van der Waals surface area contributed by atoms with Gasteiger partial charge in [0, 0.05) is 57.2 Å². The third kappa shape index (κ3) is 5.28. The zero-order chi connectivity index (χ0) is 22.5. The highest BCUT2D eigenvalue weighted by Gasteiger charge is 2.19. The topological polar surface area (TPSA) is 72.3 Å². The van der Waals surface area contributed by atoms with Crippen LogP contribution in [0.15, 0.2) is 42.5 Å². The maximum absolute atomic E-state index is 13.5. The van der Waals surface area contributed by atoms with E-state index in [-0.39, 0.29) is 5.91 Å². The number of methoxy groups -OCH3 is 1. The molecule has 168 valence electrons. The average Bonchev–Trinajstić information content (AvgIpc) is 3.05. The molecule has 0 atom stereocenters. The van der Waals surface area contributed by atoms with Crippen LogP contribution < -0.4 is 10.1 Å². The fourth-order valence-corrected chi connectivity index (χ4v) is 3.86. The van der Waals surface area contributed by atoms with Gasteiger partial charge in [-0.1, -0.05) is 0 Å². The van der Waals surface area contributed by atoms with E-state index in [1.165, 1.54) is 12.1 Å². The van der Waals surface area contributed by atoms with Crippen molar-refractivity contribution in [1.82, 2.24) is 25.0 Å². The summed E-state index contributed by atoms with van der Waals surface area (Å²) in [7, 11) is 1.58. The number of hydrogen-bond acceptors (Lipinski definition) is 5. The summed E-state index contributed by atoms with van der Waals surface area (Å²) in [5.74, 6) is 1.11. The molecule has 7 nitrogen and oxygen atoms in total. The van der Waals surface area contributed by atoms with E-state index in [1.54, 1.807) is 31.4 Å². The molecule has 1 aliphatic heterocycles. The van der Waals surface area contributed by atoms with Crippen LogP contribution in [-0.2, 0) is 25.9 Å². The number of benzene rings is 2. The first-order valence-electron chi connectivity index (χ1n) is 10.5. The number of fused-ring (bicyclic) bond motifs is 1. The number of carbonyl (C=O) groups excluding carboxylic acids is 1. The van der Waals surface area contributed by atoms with Crippen molar-refractivity contribution in [3.63, 3.8) is 0 Å². The molecule has 0 saturated heterocycles. The van der Waals surface area contributed by atoms with Crippen molar-refractivity contribution < 1.29 is 18.3 Å². The predicted octanol–water partition coefficient (Wildman–Crippen LogP) is 2.60. The highest BCUT2D eigenvalue weighted by Crippen LogP contribution is 2.15. The van der Waals surface area contributed by atoms with Gasteiger partial charge in [0.15, 0.2) is 0 Å². The fraction of sp³-hybridized carbons (Fsp3) is 0.348. The lowest BCUT2D eigenvalue weighted by Gasteiger charge is -2.19. The number of hydrogen-bond donors (Lipinski definition) is 1. The molecule has 0 aliphatic carbocycles. The van der Waals surface area contributed by atoms with Crippen LogP contribution in [0.4, 0.5) is 8.78 Å². The second kappa shape index (κ2) is 9.86. The quantitative estimate of drug-likeness (QED) is 0.610. The normalized spacial score (nSPS) is 14.0. The van der Waals surface area contributed by atoms with E-state index in [0.717, 1.165) is 24.3 Å². The number of halogens is 2. The number of carbonyl (C=O) groups is 1. The van der Waals surface area contributed by atoms with Crippen LogP contribution in [0, 0.1) is 11.6 Å². The first-order valence-corrected chi connectivity index (χ1v) is 10.5. The summed E-state index contributed by atoms with van der Waals surface area (Å²) in [6, 6.07) is 10.5. The van der Waals surface area contributed by atoms with Gasteiger partial charge in [0.1, 0.15) is 29.0 Å². The van der Waals surface area contributed by atoms with E-state index in [2.05, 4.69) is 25.0 Å². The van der Waals surface area contributed by atoms with Gasteiger partial charge >= 0.3 is 0 Å². The Morgan fingerprint density at radius 3 is 2.53 bits per heavy atom. The van der Waals surface area contributed by atoms with Crippen molar-refractivity contribution >= 4 is 5.91 Å². The molecular formula is C23H25F2N5O2. The smallest absolute Gasteiger partial charge is 0.251 e. The lowest BCUT2D eigenvalue weighted by Crippen LogP contribution is -2.28. The van der Waals surface area contributed by atoms with Crippen molar-refractivity contribution in [1.29, 1.82) is 0 Å². The van der Waals surface area contributed by atoms with Crippen LogP contribution >= 0.6 is 0 Å². The van der Waals surface area contributed by atoms with Crippen molar-refractivity contribution in [2.45, 2.75) is 25.9 Å². The Bertz CT molecular complexity index is 1060. The first-order chi connectivity index (χ1) is 15.5. The van der Waals surface area contributed by atoms with Crippen molar-refractivity contribution in [3.8, 4) is 5.75 Å². The molecule has 0 saturated carbocycles. The molecule has 1 amide bonds. The summed E-state index contributed by atoms with van der Waals surface area (Å²) in [6.07, 6.45) is 1.26. The number of nitrogens with zero attached hydrogens (tertiary/aromatic N) is 4. The third-order valence-corrected chi connectivity index (χ3v) is 5.51. The Morgan fingerprint density at radius 2 is 1.81 bits per heavy atom. The largest absolute Gasteiger partial charge is 0.497 e. The molecule has 0 bridgehead atoms. The van der Waals surface area contributed by atoms with E-state index < -0.39 is 11.6 Å². The maximum atomic E-state index is 13.5. The van der Waals surface area contributed by atoms with E-state index in [9.17, 15) is 13.6 Å². The third-order valence-electron chi connectivity index (χ3n) is 5.51. The van der Waals surface area contributed by atoms with Crippen LogP contribution in [-0.4, -0.2) is 52.3 Å². The lowest BCUT2D eigenvalue weighted by atomic mass is 10.2. The van der Waals surface area contributed by atoms with E-state index in [0.29, 0.717) is 55.9 Å². The Labute approximate surface area is 185 Å². The Hall–Kier alpha value is -3.33. The van der Waals surface area contributed by atoms with Gasteiger partial charge in [-0.05, 0) is 42.0 Å². The molecule has 2 heterocycles. The predicted molar refractivity (Wildman–Crippen MR) is 114 cm³/mol. The second-order valence-corrected chi connectivity index (χ2v) is 7.72. The number of amides is 1. The first kappa shape index (κ1) is 21.9. The van der Waals surface area contributed by atoms with Gasteiger partial charge in [-0.25, -0.2) is 8.78 Å². The summed E-state index contributed by atoms with van der Waals surface area (Å²) >= 11 is 0. The highest BCUT2D eigenvalue weighted by atomic mass is 19.1. The summed E-state index contributed by atoms with van der Waals surface area (Å²) in [6.45, 7) is 3.04. The van der Waals surface area contributed by atoms with Crippen molar-refractivity contribution in [3.05, 3.63) is 76.9 Å². The van der Waals surface area contributed by atoms with Crippen molar-refractivity contribution in [2.24, 2.45) is 0 Å². The number of aromatic nitrogens is 3. The molecule has 1 aliphatic rings. The molecule has 0 unspecified atom stereocenters. The Balaban J connectivity index is 1.31. The van der Waals surface area contributed by atoms with Crippen LogP contribution in [0.3, 0.4) is 0 Å². The summed E-state index contributed by atoms with van der Waals surface area (Å²) < 4.78 is 34.1. The highest BCUT2D eigenvalue weighted by molar-refractivity contribution is 5.94. The Morgan fingerprint density at radius 1 is 1.06 bits per heavy atom. The maximum Gasteiger partial charge on any atom is 0.251 e. The molecule has 9 heteroatoms. The summed E-state index contributed by atoms with van der Waals surface area (Å²) in [5, 5.41) is 11.5. The van der Waals surface area contributed by atoms with Crippen molar-refractivity contribution in [2.75, 3.05) is 26.7 Å². The molecule has 4 rings (SSSR count). The van der Waals surface area contributed by atoms with Gasteiger partial charge in [-0.3, -0.25) is 9.69 Å². The van der Waals surface area contributed by atoms with Gasteiger partial charge in [0.2, 0.25) is 0 Å². The van der Waals surface area contributed by atoms with E-state index >= 15 is 0 Å². The SMILES string of the molecule is COc1ccc(C(=O)NCCc2nnc3n2CCN(Cc2cc(F)cc(F)c2)CC3)cc1. The minimum Gasteiger partial charge on any atom is -0.497 e. The van der Waals surface area contributed by atoms with Crippen LogP contribution in [0.2, 0.25) is 0 Å². The van der Waals surface area contributed by atoms with E-state index in [4.69, 9.17) is 4.74 Å². The van der Waals surface area contributed by atoms with E-state index in [1.807, 2.05) is 0 Å². The molecule has 2 aromatic carbocycles. The molecule has 0 fully saturated rings. The number of rotatable bonds is 7. The molecule has 1 N–H and O–H groups in total. The minimum absolute atomic E-state index is 0.156. The fourth-order valence-electron chi connectivity index (χ4n) is 3.86. The average molecular weight is 441 g/mol. The van der Waals surface area contributed by atoms with Gasteiger partial charge in [-0.15, -0.1) is 10.2 Å². The molecule has 3 aromatic rings. The molecule has 0 radical (unpaired) electrons. The zero-order valence-corrected chi connectivity index (χ0v) is 17.9. The lowest BCUT2D eigenvalue weighted by molar-refractivity contribution is 0.0954. The van der Waals surface area contributed by atoms with Crippen LogP contribution in [0.5, 0.6) is 5.75 Å². The summed E-state index contributed by atoms with van der Waals surface area (Å²) in [4.78, 5) is 14.5. The van der Waals surface area contributed by atoms with Crippen LogP contribution in [0.1, 0.15) is 27.6 Å². The van der Waals surface area contributed by atoms with Gasteiger partial charge < -0.3 is 14.6 Å². The second-order valence-electron chi connectivity index (χ2n) is 7.72.